The van der Waals surface area contributed by atoms with E-state index in [0.717, 1.165) is 11.1 Å². The van der Waals surface area contributed by atoms with Gasteiger partial charge < -0.3 is 5.32 Å². The SMILES string of the molecule is Cc1ccc(-c2cnc(NC(C)(C)C#N)nc2)cc1. The summed E-state index contributed by atoms with van der Waals surface area (Å²) in [7, 11) is 0. The average molecular weight is 252 g/mol. The zero-order valence-corrected chi connectivity index (χ0v) is 11.3. The van der Waals surface area contributed by atoms with E-state index in [1.54, 1.807) is 26.2 Å². The van der Waals surface area contributed by atoms with Crippen LogP contribution in [0.25, 0.3) is 11.1 Å². The number of benzene rings is 1. The van der Waals surface area contributed by atoms with Gasteiger partial charge in [0.25, 0.3) is 0 Å². The first-order valence-electron chi connectivity index (χ1n) is 6.09. The van der Waals surface area contributed by atoms with Crippen molar-refractivity contribution in [2.45, 2.75) is 26.3 Å². The molecule has 4 nitrogen and oxygen atoms in total. The van der Waals surface area contributed by atoms with Crippen LogP contribution in [0, 0.1) is 18.3 Å². The number of nitrogens with one attached hydrogen (secondary N) is 1. The summed E-state index contributed by atoms with van der Waals surface area (Å²) in [4.78, 5) is 8.47. The average Bonchev–Trinajstić information content (AvgIpc) is 2.40. The maximum Gasteiger partial charge on any atom is 0.223 e. The van der Waals surface area contributed by atoms with Gasteiger partial charge in [-0.05, 0) is 26.3 Å². The summed E-state index contributed by atoms with van der Waals surface area (Å²) in [6, 6.07) is 10.3. The Morgan fingerprint density at radius 2 is 1.63 bits per heavy atom. The quantitative estimate of drug-likeness (QED) is 0.911. The normalized spacial score (nSPS) is 10.8. The summed E-state index contributed by atoms with van der Waals surface area (Å²) in [6.07, 6.45) is 3.51. The van der Waals surface area contributed by atoms with Crippen molar-refractivity contribution < 1.29 is 0 Å². The third-order valence-electron chi connectivity index (χ3n) is 2.74. The maximum atomic E-state index is 8.95. The fourth-order valence-corrected chi connectivity index (χ4v) is 1.60. The van der Waals surface area contributed by atoms with E-state index in [4.69, 9.17) is 5.26 Å². The summed E-state index contributed by atoms with van der Waals surface area (Å²) < 4.78 is 0. The number of hydrogen-bond acceptors (Lipinski definition) is 4. The molecular formula is C15H16N4. The number of nitriles is 1. The number of aromatic nitrogens is 2. The Hall–Kier alpha value is -2.41. The molecule has 0 amide bonds. The Kier molecular flexibility index (Phi) is 3.48. The smallest absolute Gasteiger partial charge is 0.223 e. The van der Waals surface area contributed by atoms with Crippen LogP contribution in [0.15, 0.2) is 36.7 Å². The van der Waals surface area contributed by atoms with E-state index in [2.05, 4.69) is 40.4 Å². The van der Waals surface area contributed by atoms with Gasteiger partial charge in [-0.1, -0.05) is 29.8 Å². The first-order valence-corrected chi connectivity index (χ1v) is 6.09. The highest BCUT2D eigenvalue weighted by Crippen LogP contribution is 2.19. The fraction of sp³-hybridized carbons (Fsp3) is 0.267. The van der Waals surface area contributed by atoms with Gasteiger partial charge in [-0.3, -0.25) is 0 Å². The van der Waals surface area contributed by atoms with Crippen LogP contribution in [0.5, 0.6) is 0 Å². The van der Waals surface area contributed by atoms with E-state index in [1.807, 2.05) is 12.1 Å². The van der Waals surface area contributed by atoms with Crippen molar-refractivity contribution in [2.75, 3.05) is 5.32 Å². The molecule has 0 fully saturated rings. The van der Waals surface area contributed by atoms with Crippen molar-refractivity contribution in [2.24, 2.45) is 0 Å². The Morgan fingerprint density at radius 3 is 2.16 bits per heavy atom. The minimum atomic E-state index is -0.675. The molecule has 0 bridgehead atoms. The molecular weight excluding hydrogens is 236 g/mol. The lowest BCUT2D eigenvalue weighted by molar-refractivity contribution is 0.717. The molecule has 0 unspecified atom stereocenters. The van der Waals surface area contributed by atoms with Gasteiger partial charge in [0, 0.05) is 18.0 Å². The molecule has 1 heterocycles. The van der Waals surface area contributed by atoms with Gasteiger partial charge in [0.2, 0.25) is 5.95 Å². The van der Waals surface area contributed by atoms with Crippen LogP contribution in [0.1, 0.15) is 19.4 Å². The Labute approximate surface area is 113 Å². The largest absolute Gasteiger partial charge is 0.336 e. The highest BCUT2D eigenvalue weighted by atomic mass is 15.1. The summed E-state index contributed by atoms with van der Waals surface area (Å²) in [5.74, 6) is 0.461. The van der Waals surface area contributed by atoms with Crippen LogP contribution in [-0.2, 0) is 0 Å². The lowest BCUT2D eigenvalue weighted by Crippen LogP contribution is -2.29. The van der Waals surface area contributed by atoms with Crippen LogP contribution in [-0.4, -0.2) is 15.5 Å². The van der Waals surface area contributed by atoms with Gasteiger partial charge in [-0.25, -0.2) is 9.97 Å². The molecule has 0 aliphatic rings. The van der Waals surface area contributed by atoms with Crippen molar-refractivity contribution in [3.63, 3.8) is 0 Å². The van der Waals surface area contributed by atoms with Gasteiger partial charge >= 0.3 is 0 Å². The van der Waals surface area contributed by atoms with E-state index in [-0.39, 0.29) is 0 Å². The predicted molar refractivity (Wildman–Crippen MR) is 75.5 cm³/mol. The van der Waals surface area contributed by atoms with E-state index in [9.17, 15) is 0 Å². The molecule has 1 N–H and O–H groups in total. The fourth-order valence-electron chi connectivity index (χ4n) is 1.60. The van der Waals surface area contributed by atoms with Crippen LogP contribution >= 0.6 is 0 Å². The Morgan fingerprint density at radius 1 is 1.05 bits per heavy atom. The second-order valence-corrected chi connectivity index (χ2v) is 5.02. The zero-order chi connectivity index (χ0) is 13.9. The lowest BCUT2D eigenvalue weighted by Gasteiger charge is -2.17. The highest BCUT2D eigenvalue weighted by molar-refractivity contribution is 5.62. The van der Waals surface area contributed by atoms with Gasteiger partial charge in [-0.15, -0.1) is 0 Å². The van der Waals surface area contributed by atoms with Crippen LogP contribution in [0.4, 0.5) is 5.95 Å². The second-order valence-electron chi connectivity index (χ2n) is 5.02. The number of aryl methyl sites for hydroxylation is 1. The summed E-state index contributed by atoms with van der Waals surface area (Å²) in [5.41, 5.74) is 2.58. The third kappa shape index (κ3) is 3.29. The van der Waals surface area contributed by atoms with Crippen molar-refractivity contribution >= 4 is 5.95 Å². The monoisotopic (exact) mass is 252 g/mol. The summed E-state index contributed by atoms with van der Waals surface area (Å²) >= 11 is 0. The van der Waals surface area contributed by atoms with Crippen molar-refractivity contribution in [1.29, 1.82) is 5.26 Å². The maximum absolute atomic E-state index is 8.95. The molecule has 2 rings (SSSR count). The molecule has 0 saturated carbocycles. The summed E-state index contributed by atoms with van der Waals surface area (Å²) in [5, 5.41) is 11.9. The molecule has 1 aromatic carbocycles. The Bertz CT molecular complexity index is 592. The van der Waals surface area contributed by atoms with Gasteiger partial charge in [0.15, 0.2) is 0 Å². The van der Waals surface area contributed by atoms with Crippen LogP contribution in [0.2, 0.25) is 0 Å². The molecule has 0 aliphatic carbocycles. The first-order chi connectivity index (χ1) is 9.00. The highest BCUT2D eigenvalue weighted by Gasteiger charge is 2.16. The zero-order valence-electron chi connectivity index (χ0n) is 11.3. The lowest BCUT2D eigenvalue weighted by atomic mass is 10.1. The standard InChI is InChI=1S/C15H16N4/c1-11-4-6-12(7-5-11)13-8-17-14(18-9-13)19-15(2,3)10-16/h4-9H,1-3H3,(H,17,18,19). The van der Waals surface area contributed by atoms with Crippen LogP contribution in [0.3, 0.4) is 0 Å². The minimum absolute atomic E-state index is 0.461. The molecule has 1 aromatic heterocycles. The number of nitrogens with zero attached hydrogens (tertiary/aromatic N) is 3. The first kappa shape index (κ1) is 13.0. The number of rotatable bonds is 3. The Balaban J connectivity index is 2.19. The van der Waals surface area contributed by atoms with E-state index < -0.39 is 5.54 Å². The predicted octanol–water partition coefficient (Wildman–Crippen LogP) is 3.17. The molecule has 0 aliphatic heterocycles. The van der Waals surface area contributed by atoms with E-state index in [0.29, 0.717) is 5.95 Å². The molecule has 2 aromatic rings. The number of hydrogen-bond donors (Lipinski definition) is 1. The van der Waals surface area contributed by atoms with Gasteiger partial charge in [0.05, 0.1) is 6.07 Å². The number of anilines is 1. The molecule has 0 saturated heterocycles. The molecule has 4 heteroatoms. The van der Waals surface area contributed by atoms with E-state index in [1.165, 1.54) is 5.56 Å². The van der Waals surface area contributed by atoms with Crippen LogP contribution < -0.4 is 5.32 Å². The molecule has 0 atom stereocenters. The molecule has 0 radical (unpaired) electrons. The van der Waals surface area contributed by atoms with E-state index >= 15 is 0 Å². The van der Waals surface area contributed by atoms with Crippen molar-refractivity contribution in [3.05, 3.63) is 42.2 Å². The topological polar surface area (TPSA) is 61.6 Å². The minimum Gasteiger partial charge on any atom is -0.336 e. The van der Waals surface area contributed by atoms with Gasteiger partial charge in [-0.2, -0.15) is 5.26 Å². The molecule has 0 spiro atoms. The van der Waals surface area contributed by atoms with Gasteiger partial charge in [0.1, 0.15) is 5.54 Å². The third-order valence-corrected chi connectivity index (χ3v) is 2.74. The molecule has 96 valence electrons. The van der Waals surface area contributed by atoms with Crippen molar-refractivity contribution in [1.82, 2.24) is 9.97 Å². The van der Waals surface area contributed by atoms with Crippen molar-refractivity contribution in [3.8, 4) is 17.2 Å². The second kappa shape index (κ2) is 5.07. The molecule has 19 heavy (non-hydrogen) atoms. The summed E-state index contributed by atoms with van der Waals surface area (Å²) in [6.45, 7) is 5.62.